The molecule has 0 saturated heterocycles. The Bertz CT molecular complexity index is 1600. The van der Waals surface area contributed by atoms with E-state index in [0.29, 0.717) is 29.0 Å². The predicted octanol–water partition coefficient (Wildman–Crippen LogP) is 5.06. The van der Waals surface area contributed by atoms with Gasteiger partial charge in [-0.05, 0) is 60.5 Å². The zero-order valence-corrected chi connectivity index (χ0v) is 21.9. The molecule has 1 N–H and O–H groups in total. The Morgan fingerprint density at radius 3 is 2.45 bits per heavy atom. The van der Waals surface area contributed by atoms with Crippen LogP contribution in [0.5, 0.6) is 5.75 Å². The SMILES string of the molecule is CCOc1ccc(C(C(=O)NCc2ccccc2)N(C(=O)Cn2nnc3ccccc32)c2cccc(F)c2)cc1. The average Bonchev–Trinajstić information content (AvgIpc) is 3.38. The summed E-state index contributed by atoms with van der Waals surface area (Å²) in [7, 11) is 0. The van der Waals surface area contributed by atoms with E-state index >= 15 is 0 Å². The van der Waals surface area contributed by atoms with Crippen LogP contribution in [0, 0.1) is 5.82 Å². The molecule has 202 valence electrons. The minimum Gasteiger partial charge on any atom is -0.494 e. The molecular weight excluding hydrogens is 509 g/mol. The van der Waals surface area contributed by atoms with E-state index in [-0.39, 0.29) is 18.8 Å². The van der Waals surface area contributed by atoms with Gasteiger partial charge in [0.05, 0.1) is 12.1 Å². The first-order valence-electron chi connectivity index (χ1n) is 12.9. The van der Waals surface area contributed by atoms with Gasteiger partial charge in [-0.15, -0.1) is 5.10 Å². The maximum atomic E-state index is 14.5. The van der Waals surface area contributed by atoms with Crippen molar-refractivity contribution < 1.29 is 18.7 Å². The number of hydrogen-bond donors (Lipinski definition) is 1. The van der Waals surface area contributed by atoms with Crippen molar-refractivity contribution in [2.75, 3.05) is 11.5 Å². The van der Waals surface area contributed by atoms with Gasteiger partial charge >= 0.3 is 0 Å². The van der Waals surface area contributed by atoms with Crippen LogP contribution >= 0.6 is 0 Å². The fraction of sp³-hybridized carbons (Fsp3) is 0.161. The van der Waals surface area contributed by atoms with Gasteiger partial charge in [-0.3, -0.25) is 14.5 Å². The zero-order valence-electron chi connectivity index (χ0n) is 21.9. The van der Waals surface area contributed by atoms with E-state index in [4.69, 9.17) is 4.74 Å². The molecule has 8 nitrogen and oxygen atoms in total. The number of rotatable bonds is 10. The number of fused-ring (bicyclic) bond motifs is 1. The van der Waals surface area contributed by atoms with Crippen LogP contribution in [0.2, 0.25) is 0 Å². The second-order valence-electron chi connectivity index (χ2n) is 9.09. The van der Waals surface area contributed by atoms with Crippen LogP contribution in [0.4, 0.5) is 10.1 Å². The summed E-state index contributed by atoms with van der Waals surface area (Å²) in [6.45, 7) is 2.41. The van der Waals surface area contributed by atoms with Crippen molar-refractivity contribution in [2.24, 2.45) is 0 Å². The minimum absolute atomic E-state index is 0.212. The van der Waals surface area contributed by atoms with Crippen molar-refractivity contribution >= 4 is 28.5 Å². The van der Waals surface area contributed by atoms with Crippen LogP contribution < -0.4 is 15.0 Å². The van der Waals surface area contributed by atoms with Gasteiger partial charge in [0, 0.05) is 12.2 Å². The lowest BCUT2D eigenvalue weighted by Crippen LogP contribution is -2.45. The fourth-order valence-electron chi connectivity index (χ4n) is 4.51. The summed E-state index contributed by atoms with van der Waals surface area (Å²) in [6.07, 6.45) is 0. The Labute approximate surface area is 231 Å². The molecular formula is C31H28FN5O3. The Balaban J connectivity index is 1.55. The number of carbonyl (C=O) groups is 2. The van der Waals surface area contributed by atoms with Gasteiger partial charge in [0.25, 0.3) is 0 Å². The quantitative estimate of drug-likeness (QED) is 0.269. The van der Waals surface area contributed by atoms with Gasteiger partial charge in [-0.25, -0.2) is 9.07 Å². The highest BCUT2D eigenvalue weighted by Crippen LogP contribution is 2.30. The molecule has 1 aromatic heterocycles. The largest absolute Gasteiger partial charge is 0.494 e. The molecule has 0 saturated carbocycles. The van der Waals surface area contributed by atoms with Gasteiger partial charge in [-0.1, -0.05) is 65.9 Å². The Morgan fingerprint density at radius 2 is 1.70 bits per heavy atom. The Kier molecular flexibility index (Phi) is 8.10. The van der Waals surface area contributed by atoms with Crippen molar-refractivity contribution in [2.45, 2.75) is 26.1 Å². The number of hydrogen-bond acceptors (Lipinski definition) is 5. The van der Waals surface area contributed by atoms with Crippen LogP contribution in [-0.2, 0) is 22.7 Å². The first-order chi connectivity index (χ1) is 19.5. The summed E-state index contributed by atoms with van der Waals surface area (Å²) in [6, 6.07) is 28.2. The number of para-hydroxylation sites is 1. The number of nitrogens with zero attached hydrogens (tertiary/aromatic N) is 4. The highest BCUT2D eigenvalue weighted by atomic mass is 19.1. The topological polar surface area (TPSA) is 89.4 Å². The van der Waals surface area contributed by atoms with Crippen molar-refractivity contribution in [1.29, 1.82) is 0 Å². The maximum absolute atomic E-state index is 14.5. The third kappa shape index (κ3) is 5.99. The van der Waals surface area contributed by atoms with Crippen LogP contribution in [0.1, 0.15) is 24.1 Å². The normalized spacial score (nSPS) is 11.7. The van der Waals surface area contributed by atoms with E-state index in [0.717, 1.165) is 5.56 Å². The summed E-state index contributed by atoms with van der Waals surface area (Å²) in [5.41, 5.74) is 2.98. The molecule has 0 spiro atoms. The molecule has 1 unspecified atom stereocenters. The molecule has 40 heavy (non-hydrogen) atoms. The molecule has 5 aromatic rings. The number of aromatic nitrogens is 3. The van der Waals surface area contributed by atoms with E-state index in [1.807, 2.05) is 55.5 Å². The van der Waals surface area contributed by atoms with Crippen molar-refractivity contribution in [3.05, 3.63) is 120 Å². The molecule has 1 atom stereocenters. The van der Waals surface area contributed by atoms with Crippen LogP contribution in [0.15, 0.2) is 103 Å². The highest BCUT2D eigenvalue weighted by molar-refractivity contribution is 6.01. The molecule has 5 rings (SSSR count). The van der Waals surface area contributed by atoms with Crippen LogP contribution in [-0.4, -0.2) is 33.4 Å². The number of nitrogens with one attached hydrogen (secondary N) is 1. The monoisotopic (exact) mass is 537 g/mol. The summed E-state index contributed by atoms with van der Waals surface area (Å²) >= 11 is 0. The Hall–Kier alpha value is -5.05. The molecule has 9 heteroatoms. The van der Waals surface area contributed by atoms with Crippen LogP contribution in [0.3, 0.4) is 0 Å². The minimum atomic E-state index is -1.11. The molecule has 0 aliphatic rings. The molecule has 0 aliphatic carbocycles. The van der Waals surface area contributed by atoms with Gasteiger partial charge in [0.1, 0.15) is 29.7 Å². The number of carbonyl (C=O) groups excluding carboxylic acids is 2. The molecule has 0 radical (unpaired) electrons. The summed E-state index contributed by atoms with van der Waals surface area (Å²) in [4.78, 5) is 29.2. The van der Waals surface area contributed by atoms with E-state index in [9.17, 15) is 14.0 Å². The maximum Gasteiger partial charge on any atom is 0.249 e. The van der Waals surface area contributed by atoms with E-state index in [1.54, 1.807) is 36.4 Å². The zero-order chi connectivity index (χ0) is 27.9. The molecule has 0 bridgehead atoms. The smallest absolute Gasteiger partial charge is 0.249 e. The number of benzene rings is 4. The number of amides is 2. The van der Waals surface area contributed by atoms with Crippen molar-refractivity contribution in [3.8, 4) is 5.75 Å². The number of halogens is 1. The van der Waals surface area contributed by atoms with Crippen molar-refractivity contribution in [1.82, 2.24) is 20.3 Å². The standard InChI is InChI=1S/C31H28FN5O3/c1-2-40-26-17-15-23(16-18-26)30(31(39)33-20-22-9-4-3-5-10-22)37(25-12-8-11-24(32)19-25)29(38)21-36-28-14-7-6-13-27(28)34-35-36/h3-19,30H,2,20-21H2,1H3,(H,33,39). The number of anilines is 1. The Morgan fingerprint density at radius 1 is 0.950 bits per heavy atom. The summed E-state index contributed by atoms with van der Waals surface area (Å²) < 4.78 is 21.5. The van der Waals surface area contributed by atoms with Gasteiger partial charge in [0.2, 0.25) is 11.8 Å². The molecule has 0 fully saturated rings. The summed E-state index contributed by atoms with van der Waals surface area (Å²) in [5, 5.41) is 11.2. The number of ether oxygens (including phenoxy) is 1. The lowest BCUT2D eigenvalue weighted by molar-refractivity contribution is -0.127. The first kappa shape index (κ1) is 26.6. The lowest BCUT2D eigenvalue weighted by atomic mass is 10.0. The second kappa shape index (κ2) is 12.2. The average molecular weight is 538 g/mol. The van der Waals surface area contributed by atoms with E-state index < -0.39 is 23.7 Å². The summed E-state index contributed by atoms with van der Waals surface area (Å²) in [5.74, 6) is -0.784. The van der Waals surface area contributed by atoms with E-state index in [1.165, 1.54) is 27.8 Å². The van der Waals surface area contributed by atoms with Gasteiger partial charge < -0.3 is 10.1 Å². The third-order valence-corrected chi connectivity index (χ3v) is 6.38. The molecule has 0 aliphatic heterocycles. The predicted molar refractivity (Wildman–Crippen MR) is 150 cm³/mol. The first-order valence-corrected chi connectivity index (χ1v) is 12.9. The van der Waals surface area contributed by atoms with E-state index in [2.05, 4.69) is 15.6 Å². The fourth-order valence-corrected chi connectivity index (χ4v) is 4.51. The van der Waals surface area contributed by atoms with Gasteiger partial charge in [-0.2, -0.15) is 0 Å². The molecule has 1 heterocycles. The third-order valence-electron chi connectivity index (χ3n) is 6.38. The van der Waals surface area contributed by atoms with Crippen molar-refractivity contribution in [3.63, 3.8) is 0 Å². The second-order valence-corrected chi connectivity index (χ2v) is 9.09. The molecule has 4 aromatic carbocycles. The van der Waals surface area contributed by atoms with Crippen LogP contribution in [0.25, 0.3) is 11.0 Å². The van der Waals surface area contributed by atoms with Gasteiger partial charge in [0.15, 0.2) is 0 Å². The highest BCUT2D eigenvalue weighted by Gasteiger charge is 2.33. The molecule has 2 amide bonds. The lowest BCUT2D eigenvalue weighted by Gasteiger charge is -2.31.